The normalized spacial score (nSPS) is 16.0. The Labute approximate surface area is 120 Å². The molecule has 2 rings (SSSR count). The van der Waals surface area contributed by atoms with E-state index in [9.17, 15) is 9.90 Å². The van der Waals surface area contributed by atoms with Crippen molar-refractivity contribution in [2.45, 2.75) is 44.6 Å². The van der Waals surface area contributed by atoms with Gasteiger partial charge < -0.3 is 15.2 Å². The summed E-state index contributed by atoms with van der Waals surface area (Å²) in [4.78, 5) is 11.7. The molecule has 1 aliphatic carbocycles. The number of aromatic hydroxyl groups is 1. The van der Waals surface area contributed by atoms with Crippen LogP contribution >= 0.6 is 0 Å². The molecule has 0 heterocycles. The number of carbonyl (C=O) groups excluding carboxylic acids is 1. The van der Waals surface area contributed by atoms with Gasteiger partial charge in [0, 0.05) is 6.54 Å². The lowest BCUT2D eigenvalue weighted by Crippen LogP contribution is -2.30. The van der Waals surface area contributed by atoms with Crippen molar-refractivity contribution in [2.75, 3.05) is 13.2 Å². The second kappa shape index (κ2) is 7.90. The maximum atomic E-state index is 11.7. The van der Waals surface area contributed by atoms with Crippen molar-refractivity contribution in [1.82, 2.24) is 5.32 Å². The second-order valence-electron chi connectivity index (χ2n) is 5.33. The molecule has 2 N–H and O–H groups in total. The van der Waals surface area contributed by atoms with E-state index in [0.29, 0.717) is 19.3 Å². The molecule has 1 aliphatic rings. The van der Waals surface area contributed by atoms with Crippen molar-refractivity contribution in [3.63, 3.8) is 0 Å². The Hall–Kier alpha value is -1.55. The molecule has 110 valence electrons. The number of benzene rings is 1. The summed E-state index contributed by atoms with van der Waals surface area (Å²) >= 11 is 0. The molecule has 0 aliphatic heterocycles. The van der Waals surface area contributed by atoms with Crippen molar-refractivity contribution in [2.24, 2.45) is 0 Å². The van der Waals surface area contributed by atoms with Crippen molar-refractivity contribution >= 4 is 5.91 Å². The number of phenols is 1. The molecule has 1 fully saturated rings. The van der Waals surface area contributed by atoms with Crippen LogP contribution in [-0.2, 0) is 16.0 Å². The van der Waals surface area contributed by atoms with Gasteiger partial charge in [-0.05, 0) is 30.5 Å². The predicted molar refractivity (Wildman–Crippen MR) is 77.6 cm³/mol. The van der Waals surface area contributed by atoms with E-state index in [2.05, 4.69) is 5.32 Å². The number of hydrogen-bond donors (Lipinski definition) is 2. The lowest BCUT2D eigenvalue weighted by molar-refractivity contribution is -0.120. The van der Waals surface area contributed by atoms with Gasteiger partial charge in [-0.3, -0.25) is 4.79 Å². The van der Waals surface area contributed by atoms with Crippen LogP contribution in [-0.4, -0.2) is 30.3 Å². The zero-order chi connectivity index (χ0) is 14.2. The molecule has 1 aromatic rings. The highest BCUT2D eigenvalue weighted by atomic mass is 16.5. The number of hydrogen-bond acceptors (Lipinski definition) is 3. The van der Waals surface area contributed by atoms with Gasteiger partial charge in [0.1, 0.15) is 5.75 Å². The lowest BCUT2D eigenvalue weighted by Gasteiger charge is -2.21. The van der Waals surface area contributed by atoms with E-state index in [0.717, 1.165) is 18.4 Å². The zero-order valence-electron chi connectivity index (χ0n) is 11.8. The van der Waals surface area contributed by atoms with E-state index in [-0.39, 0.29) is 18.1 Å². The molecule has 1 amide bonds. The van der Waals surface area contributed by atoms with Crippen LogP contribution in [0.3, 0.4) is 0 Å². The first kappa shape index (κ1) is 14.9. The third-order valence-corrected chi connectivity index (χ3v) is 3.61. The Morgan fingerprint density at radius 1 is 1.30 bits per heavy atom. The number of amides is 1. The third kappa shape index (κ3) is 5.21. The minimum absolute atomic E-state index is 0.0390. The molecule has 4 nitrogen and oxygen atoms in total. The minimum Gasteiger partial charge on any atom is -0.508 e. The van der Waals surface area contributed by atoms with Crippen molar-refractivity contribution in [3.05, 3.63) is 29.8 Å². The van der Waals surface area contributed by atoms with Gasteiger partial charge >= 0.3 is 0 Å². The van der Waals surface area contributed by atoms with Crippen LogP contribution in [0.25, 0.3) is 0 Å². The monoisotopic (exact) mass is 277 g/mol. The van der Waals surface area contributed by atoms with Crippen molar-refractivity contribution < 1.29 is 14.6 Å². The lowest BCUT2D eigenvalue weighted by atomic mass is 9.98. The Bertz CT molecular complexity index is 427. The van der Waals surface area contributed by atoms with Crippen molar-refractivity contribution in [1.29, 1.82) is 0 Å². The van der Waals surface area contributed by atoms with Crippen LogP contribution < -0.4 is 5.32 Å². The molecule has 1 aromatic carbocycles. The largest absolute Gasteiger partial charge is 0.508 e. The summed E-state index contributed by atoms with van der Waals surface area (Å²) in [5.41, 5.74) is 0.815. The first-order chi connectivity index (χ1) is 9.74. The molecule has 0 aromatic heterocycles. The van der Waals surface area contributed by atoms with E-state index < -0.39 is 0 Å². The molecule has 0 radical (unpaired) electrons. The average molecular weight is 277 g/mol. The third-order valence-electron chi connectivity index (χ3n) is 3.61. The molecule has 0 bridgehead atoms. The topological polar surface area (TPSA) is 58.6 Å². The summed E-state index contributed by atoms with van der Waals surface area (Å²) in [5, 5.41) is 12.2. The molecule has 20 heavy (non-hydrogen) atoms. The maximum absolute atomic E-state index is 11.7. The summed E-state index contributed by atoms with van der Waals surface area (Å²) in [6.45, 7) is 1.13. The molecular formula is C16H23NO3. The van der Waals surface area contributed by atoms with Crippen LogP contribution in [0, 0.1) is 0 Å². The summed E-state index contributed by atoms with van der Waals surface area (Å²) in [6, 6.07) is 6.78. The highest BCUT2D eigenvalue weighted by molar-refractivity contribution is 5.78. The Kier molecular flexibility index (Phi) is 5.87. The molecule has 0 unspecified atom stereocenters. The van der Waals surface area contributed by atoms with Gasteiger partial charge in [0.25, 0.3) is 0 Å². The van der Waals surface area contributed by atoms with Gasteiger partial charge in [0.2, 0.25) is 5.91 Å². The summed E-state index contributed by atoms with van der Waals surface area (Å²) in [7, 11) is 0. The van der Waals surface area contributed by atoms with E-state index >= 15 is 0 Å². The fraction of sp³-hybridized carbons (Fsp3) is 0.562. The predicted octanol–water partition coefficient (Wildman–Crippen LogP) is 2.40. The highest BCUT2D eigenvalue weighted by Crippen LogP contribution is 2.19. The number of ether oxygens (including phenoxy) is 1. The standard InChI is InChI=1S/C16H23NO3/c18-14-6-4-5-13(11-14)12-16(19)17-9-10-20-15-7-2-1-3-8-15/h4-6,11,15,18H,1-3,7-10,12H2,(H,17,19). The van der Waals surface area contributed by atoms with Crippen LogP contribution in [0.15, 0.2) is 24.3 Å². The van der Waals surface area contributed by atoms with E-state index in [1.807, 2.05) is 6.07 Å². The fourth-order valence-corrected chi connectivity index (χ4v) is 2.56. The smallest absolute Gasteiger partial charge is 0.224 e. The molecule has 0 saturated heterocycles. The maximum Gasteiger partial charge on any atom is 0.224 e. The van der Waals surface area contributed by atoms with Crippen LogP contribution in [0.4, 0.5) is 0 Å². The summed E-state index contributed by atoms with van der Waals surface area (Å²) in [5.74, 6) is 0.152. The number of carbonyl (C=O) groups is 1. The van der Waals surface area contributed by atoms with Crippen LogP contribution in [0.2, 0.25) is 0 Å². The summed E-state index contributed by atoms with van der Waals surface area (Å²) < 4.78 is 5.75. The van der Waals surface area contributed by atoms with Gasteiger partial charge in [-0.15, -0.1) is 0 Å². The molecule has 1 saturated carbocycles. The first-order valence-electron chi connectivity index (χ1n) is 7.40. The Morgan fingerprint density at radius 3 is 2.85 bits per heavy atom. The minimum atomic E-state index is -0.0390. The number of phenolic OH excluding ortho intramolecular Hbond substituents is 1. The Morgan fingerprint density at radius 2 is 2.10 bits per heavy atom. The van der Waals surface area contributed by atoms with Crippen LogP contribution in [0.5, 0.6) is 5.75 Å². The second-order valence-corrected chi connectivity index (χ2v) is 5.33. The van der Waals surface area contributed by atoms with Gasteiger partial charge in [-0.1, -0.05) is 31.4 Å². The van der Waals surface area contributed by atoms with Crippen LogP contribution in [0.1, 0.15) is 37.7 Å². The molecular weight excluding hydrogens is 254 g/mol. The van der Waals surface area contributed by atoms with Gasteiger partial charge in [-0.2, -0.15) is 0 Å². The average Bonchev–Trinajstić information content (AvgIpc) is 2.45. The SMILES string of the molecule is O=C(Cc1cccc(O)c1)NCCOC1CCCCC1. The molecule has 4 heteroatoms. The van der Waals surface area contributed by atoms with E-state index in [1.54, 1.807) is 18.2 Å². The fourth-order valence-electron chi connectivity index (χ4n) is 2.56. The highest BCUT2D eigenvalue weighted by Gasteiger charge is 2.13. The first-order valence-corrected chi connectivity index (χ1v) is 7.40. The number of rotatable bonds is 6. The number of nitrogens with one attached hydrogen (secondary N) is 1. The molecule has 0 atom stereocenters. The Balaban J connectivity index is 1.60. The molecule has 0 spiro atoms. The van der Waals surface area contributed by atoms with E-state index in [4.69, 9.17) is 4.74 Å². The summed E-state index contributed by atoms with van der Waals surface area (Å²) in [6.07, 6.45) is 6.81. The van der Waals surface area contributed by atoms with Gasteiger partial charge in [-0.25, -0.2) is 0 Å². The van der Waals surface area contributed by atoms with E-state index in [1.165, 1.54) is 19.3 Å². The van der Waals surface area contributed by atoms with Crippen molar-refractivity contribution in [3.8, 4) is 5.75 Å². The van der Waals surface area contributed by atoms with Gasteiger partial charge in [0.05, 0.1) is 19.1 Å². The quantitative estimate of drug-likeness (QED) is 0.785. The van der Waals surface area contributed by atoms with Gasteiger partial charge in [0.15, 0.2) is 0 Å². The zero-order valence-corrected chi connectivity index (χ0v) is 11.8.